The third-order valence-electron chi connectivity index (χ3n) is 6.34. The van der Waals surface area contributed by atoms with Crippen molar-refractivity contribution < 1.29 is 14.6 Å². The molecule has 13 heteroatoms. The van der Waals surface area contributed by atoms with E-state index >= 15 is 0 Å². The SMILES string of the molecule is CC(C)[As]c1cc(-n2ncc3cc(C#N)cnc32)ncc1-c1cn([C@@H]2CCN(C(=O)OC(C)(C)C)C[C@H]2O)nn1. The second-order valence-electron chi connectivity index (χ2n) is 11.0. The Morgan fingerprint density at radius 3 is 2.73 bits per heavy atom. The van der Waals surface area contributed by atoms with Gasteiger partial charge in [0, 0.05) is 0 Å². The zero-order chi connectivity index (χ0) is 28.6. The van der Waals surface area contributed by atoms with E-state index < -0.39 is 17.8 Å². The molecule has 0 aliphatic carbocycles. The van der Waals surface area contributed by atoms with Crippen LogP contribution < -0.4 is 4.35 Å². The van der Waals surface area contributed by atoms with Gasteiger partial charge in [0.25, 0.3) is 0 Å². The Labute approximate surface area is 238 Å². The van der Waals surface area contributed by atoms with Crippen LogP contribution in [0.1, 0.15) is 52.6 Å². The number of nitriles is 1. The topological polar surface area (TPSA) is 148 Å². The van der Waals surface area contributed by atoms with Crippen LogP contribution in [0.25, 0.3) is 28.1 Å². The molecule has 0 saturated carbocycles. The Morgan fingerprint density at radius 2 is 2.02 bits per heavy atom. The molecular weight excluding hydrogens is 573 g/mol. The van der Waals surface area contributed by atoms with Gasteiger partial charge in [-0.3, -0.25) is 0 Å². The molecule has 0 aromatic carbocycles. The Hall–Kier alpha value is -3.81. The molecular formula is C27H31AsN9O3. The predicted octanol–water partition coefficient (Wildman–Crippen LogP) is 2.65. The van der Waals surface area contributed by atoms with Crippen LogP contribution in [-0.2, 0) is 4.74 Å². The molecule has 40 heavy (non-hydrogen) atoms. The van der Waals surface area contributed by atoms with Gasteiger partial charge in [-0.05, 0) is 20.8 Å². The third-order valence-corrected chi connectivity index (χ3v) is 8.79. The number of pyridine rings is 2. The number of hydrogen-bond acceptors (Lipinski definition) is 9. The second-order valence-corrected chi connectivity index (χ2v) is 14.7. The first-order valence-corrected chi connectivity index (χ1v) is 15.1. The number of aliphatic hydroxyl groups is 1. The zero-order valence-electron chi connectivity index (χ0n) is 23.1. The molecule has 5 heterocycles. The normalized spacial score (nSPS) is 18.1. The molecule has 1 N–H and O–H groups in total. The molecule has 2 atom stereocenters. The summed E-state index contributed by atoms with van der Waals surface area (Å²) >= 11 is -0.223. The molecule has 1 aliphatic heterocycles. The van der Waals surface area contributed by atoms with Gasteiger partial charge in [-0.25, -0.2) is 0 Å². The number of rotatable bonds is 5. The van der Waals surface area contributed by atoms with Crippen LogP contribution in [0.4, 0.5) is 4.79 Å². The number of carbonyl (C=O) groups is 1. The summed E-state index contributed by atoms with van der Waals surface area (Å²) in [5.41, 5.74) is 2.07. The quantitative estimate of drug-likeness (QED) is 0.340. The molecule has 1 saturated heterocycles. The molecule has 5 rings (SSSR count). The van der Waals surface area contributed by atoms with Crippen LogP contribution in [0.3, 0.4) is 0 Å². The molecule has 0 unspecified atom stereocenters. The van der Waals surface area contributed by atoms with Crippen molar-refractivity contribution in [2.24, 2.45) is 0 Å². The first-order valence-electron chi connectivity index (χ1n) is 13.1. The van der Waals surface area contributed by atoms with Gasteiger partial charge in [0.2, 0.25) is 0 Å². The van der Waals surface area contributed by atoms with Crippen molar-refractivity contribution in [3.63, 3.8) is 0 Å². The maximum absolute atomic E-state index is 12.5. The average Bonchev–Trinajstić information content (AvgIpc) is 3.54. The third kappa shape index (κ3) is 5.86. The van der Waals surface area contributed by atoms with E-state index in [2.05, 4.69) is 45.3 Å². The molecule has 1 amide bonds. The number of carbonyl (C=O) groups excluding carboxylic acids is 1. The van der Waals surface area contributed by atoms with Gasteiger partial charge in [0.15, 0.2) is 0 Å². The fraction of sp³-hybridized carbons (Fsp3) is 0.444. The summed E-state index contributed by atoms with van der Waals surface area (Å²) in [5.74, 6) is 0.638. The first-order chi connectivity index (χ1) is 19.0. The maximum atomic E-state index is 12.5. The van der Waals surface area contributed by atoms with Crippen LogP contribution >= 0.6 is 0 Å². The van der Waals surface area contributed by atoms with Gasteiger partial charge in [-0.15, -0.1) is 0 Å². The number of aliphatic hydroxyl groups excluding tert-OH is 1. The fourth-order valence-electron chi connectivity index (χ4n) is 4.56. The average molecular weight is 605 g/mol. The van der Waals surface area contributed by atoms with Crippen LogP contribution in [0.5, 0.6) is 0 Å². The summed E-state index contributed by atoms with van der Waals surface area (Å²) in [6.45, 7) is 10.4. The van der Waals surface area contributed by atoms with Crippen molar-refractivity contribution in [1.82, 2.24) is 39.6 Å². The number of β-amino-alcohol motifs (C(OH)–C–C–N with tert-alkyl or cyclic N) is 1. The summed E-state index contributed by atoms with van der Waals surface area (Å²) < 4.78 is 10.4. The zero-order valence-corrected chi connectivity index (χ0v) is 24.9. The molecule has 4 aromatic heterocycles. The Bertz CT molecular complexity index is 1580. The van der Waals surface area contributed by atoms with Gasteiger partial charge in [-0.2, -0.15) is 0 Å². The van der Waals surface area contributed by atoms with Crippen molar-refractivity contribution in [2.75, 3.05) is 13.1 Å². The van der Waals surface area contributed by atoms with E-state index in [9.17, 15) is 15.2 Å². The number of likely N-dealkylation sites (tertiary alicyclic amines) is 1. The summed E-state index contributed by atoms with van der Waals surface area (Å²) in [6.07, 6.45) is 6.13. The summed E-state index contributed by atoms with van der Waals surface area (Å²) in [6, 6.07) is 5.57. The van der Waals surface area contributed by atoms with Crippen molar-refractivity contribution in [2.45, 2.75) is 63.5 Å². The van der Waals surface area contributed by atoms with Gasteiger partial charge >= 0.3 is 218 Å². The number of amides is 1. The van der Waals surface area contributed by atoms with E-state index in [1.165, 1.54) is 11.1 Å². The first kappa shape index (κ1) is 27.7. The number of fused-ring (bicyclic) bond motifs is 1. The van der Waals surface area contributed by atoms with Crippen LogP contribution in [0.15, 0.2) is 36.9 Å². The van der Waals surface area contributed by atoms with Gasteiger partial charge in [0.1, 0.15) is 0 Å². The van der Waals surface area contributed by atoms with E-state index in [0.717, 1.165) is 15.3 Å². The minimum atomic E-state index is -0.806. The van der Waals surface area contributed by atoms with E-state index in [1.54, 1.807) is 27.8 Å². The second kappa shape index (κ2) is 11.0. The van der Waals surface area contributed by atoms with Gasteiger partial charge in [-0.1, -0.05) is 0 Å². The molecule has 1 radical (unpaired) electrons. The number of ether oxygens (including phenoxy) is 1. The number of nitrogens with zero attached hydrogens (tertiary/aromatic N) is 9. The number of piperidine rings is 1. The molecule has 0 bridgehead atoms. The predicted molar refractivity (Wildman–Crippen MR) is 148 cm³/mol. The number of hydrogen-bond donors (Lipinski definition) is 1. The molecule has 1 fully saturated rings. The summed E-state index contributed by atoms with van der Waals surface area (Å²) in [7, 11) is 0. The molecule has 4 aromatic rings. The van der Waals surface area contributed by atoms with E-state index in [0.29, 0.717) is 40.4 Å². The van der Waals surface area contributed by atoms with Crippen molar-refractivity contribution in [3.05, 3.63) is 42.5 Å². The molecule has 12 nitrogen and oxygen atoms in total. The van der Waals surface area contributed by atoms with Crippen LogP contribution in [0, 0.1) is 11.3 Å². The standard InChI is InChI=1S/C27H31AsN9O3/c1-16(2)28-20-9-24(37-25-18(12-32-37)8-17(10-29)11-31-25)30-13-19(20)21-14-36(34-33-21)22-6-7-35(15-23(22)38)26(39)40-27(3,4)5/h8-9,11-14,16,22-23,38H,6-7,15H2,1-5H3/t22-,23-/m1/s1. The Balaban J connectivity index is 1.39. The van der Waals surface area contributed by atoms with Gasteiger partial charge in [0.05, 0.1) is 0 Å². The minimum absolute atomic E-state index is 0.163. The number of aromatic nitrogens is 7. The monoisotopic (exact) mass is 604 g/mol. The molecule has 0 spiro atoms. The van der Waals surface area contributed by atoms with E-state index in [4.69, 9.17) is 4.74 Å². The van der Waals surface area contributed by atoms with E-state index in [-0.39, 0.29) is 28.3 Å². The molecule has 207 valence electrons. The van der Waals surface area contributed by atoms with Gasteiger partial charge < -0.3 is 0 Å². The fourth-order valence-corrected chi connectivity index (χ4v) is 6.78. The Kier molecular flexibility index (Phi) is 7.62. The van der Waals surface area contributed by atoms with Crippen LogP contribution in [-0.4, -0.2) is 91.4 Å². The van der Waals surface area contributed by atoms with E-state index in [1.807, 2.05) is 33.0 Å². The summed E-state index contributed by atoms with van der Waals surface area (Å²) in [5, 5.41) is 34.1. The van der Waals surface area contributed by atoms with Crippen LogP contribution in [0.2, 0.25) is 4.71 Å². The van der Waals surface area contributed by atoms with Crippen molar-refractivity contribution in [1.29, 1.82) is 5.26 Å². The summed E-state index contributed by atoms with van der Waals surface area (Å²) in [4.78, 5) is 23.1. The van der Waals surface area contributed by atoms with Crippen molar-refractivity contribution >= 4 is 37.2 Å². The van der Waals surface area contributed by atoms with Crippen molar-refractivity contribution in [3.8, 4) is 23.1 Å². The Morgan fingerprint density at radius 1 is 1.23 bits per heavy atom. The molecule has 1 aliphatic rings.